The standard InChI is InChI=1S/C16H20ClN3O2/c1-21-13-6-8-20(9-7-13)11-16-18-15(19-22-16)10-12-4-2-3-5-14(12)17/h2-5,13H,6-11H2,1H3. The Labute approximate surface area is 135 Å². The average Bonchev–Trinajstić information content (AvgIpc) is 2.97. The summed E-state index contributed by atoms with van der Waals surface area (Å²) >= 11 is 6.16. The van der Waals surface area contributed by atoms with Crippen molar-refractivity contribution in [2.75, 3.05) is 20.2 Å². The van der Waals surface area contributed by atoms with Crippen LogP contribution < -0.4 is 0 Å². The Morgan fingerprint density at radius 2 is 2.09 bits per heavy atom. The first-order valence-corrected chi connectivity index (χ1v) is 7.92. The van der Waals surface area contributed by atoms with Gasteiger partial charge in [-0.05, 0) is 24.5 Å². The number of aromatic nitrogens is 2. The van der Waals surface area contributed by atoms with E-state index in [4.69, 9.17) is 20.9 Å². The van der Waals surface area contributed by atoms with E-state index >= 15 is 0 Å². The smallest absolute Gasteiger partial charge is 0.240 e. The van der Waals surface area contributed by atoms with Crippen LogP contribution in [0.3, 0.4) is 0 Å². The first-order chi connectivity index (χ1) is 10.7. The van der Waals surface area contributed by atoms with Crippen LogP contribution in [0.1, 0.15) is 30.1 Å². The molecule has 1 aliphatic rings. The molecule has 2 aromatic rings. The number of hydrogen-bond acceptors (Lipinski definition) is 5. The molecule has 1 aromatic carbocycles. The summed E-state index contributed by atoms with van der Waals surface area (Å²) < 4.78 is 10.7. The van der Waals surface area contributed by atoms with Crippen LogP contribution in [0.15, 0.2) is 28.8 Å². The molecule has 1 saturated heterocycles. The van der Waals surface area contributed by atoms with Gasteiger partial charge in [0.25, 0.3) is 0 Å². The maximum absolute atomic E-state index is 6.16. The van der Waals surface area contributed by atoms with Gasteiger partial charge in [-0.1, -0.05) is 35.0 Å². The van der Waals surface area contributed by atoms with Crippen molar-refractivity contribution in [3.63, 3.8) is 0 Å². The molecule has 1 aliphatic heterocycles. The van der Waals surface area contributed by atoms with Crippen LogP contribution in [-0.2, 0) is 17.7 Å². The molecule has 5 nitrogen and oxygen atoms in total. The lowest BCUT2D eigenvalue weighted by Gasteiger charge is -2.29. The first kappa shape index (κ1) is 15.5. The Hall–Kier alpha value is -1.43. The number of methoxy groups -OCH3 is 1. The highest BCUT2D eigenvalue weighted by atomic mass is 35.5. The molecule has 0 unspecified atom stereocenters. The summed E-state index contributed by atoms with van der Waals surface area (Å²) in [6, 6.07) is 7.73. The first-order valence-electron chi connectivity index (χ1n) is 7.54. The summed E-state index contributed by atoms with van der Waals surface area (Å²) in [6.07, 6.45) is 3.08. The van der Waals surface area contributed by atoms with E-state index in [9.17, 15) is 0 Å². The molecule has 3 rings (SSSR count). The molecule has 1 fully saturated rings. The zero-order chi connectivity index (χ0) is 15.4. The Kier molecular flexibility index (Phi) is 5.08. The number of hydrogen-bond donors (Lipinski definition) is 0. The van der Waals surface area contributed by atoms with E-state index in [2.05, 4.69) is 15.0 Å². The molecule has 2 heterocycles. The number of nitrogens with zero attached hydrogens (tertiary/aromatic N) is 3. The highest BCUT2D eigenvalue weighted by Crippen LogP contribution is 2.19. The summed E-state index contributed by atoms with van der Waals surface area (Å²) in [5.41, 5.74) is 1.01. The molecule has 0 amide bonds. The molecule has 0 spiro atoms. The largest absolute Gasteiger partial charge is 0.381 e. The molecular formula is C16H20ClN3O2. The molecule has 0 radical (unpaired) electrons. The Morgan fingerprint density at radius 1 is 1.32 bits per heavy atom. The molecule has 0 N–H and O–H groups in total. The minimum atomic E-state index is 0.384. The Morgan fingerprint density at radius 3 is 2.82 bits per heavy atom. The molecular weight excluding hydrogens is 302 g/mol. The minimum Gasteiger partial charge on any atom is -0.381 e. The van der Waals surface area contributed by atoms with Crippen LogP contribution in [-0.4, -0.2) is 41.3 Å². The van der Waals surface area contributed by atoms with Gasteiger partial charge < -0.3 is 9.26 Å². The minimum absolute atomic E-state index is 0.384. The van der Waals surface area contributed by atoms with Crippen LogP contribution in [0.4, 0.5) is 0 Å². The van der Waals surface area contributed by atoms with Gasteiger partial charge in [-0.2, -0.15) is 4.98 Å². The molecule has 0 atom stereocenters. The van der Waals surface area contributed by atoms with Crippen molar-refractivity contribution in [1.82, 2.24) is 15.0 Å². The number of piperidine rings is 1. The second-order valence-electron chi connectivity index (χ2n) is 5.58. The lowest BCUT2D eigenvalue weighted by atomic mass is 10.1. The fraction of sp³-hybridized carbons (Fsp3) is 0.500. The lowest BCUT2D eigenvalue weighted by Crippen LogP contribution is -2.36. The summed E-state index contributed by atoms with van der Waals surface area (Å²) in [5.74, 6) is 1.34. The van der Waals surface area contributed by atoms with Gasteiger partial charge in [0.05, 0.1) is 12.6 Å². The predicted octanol–water partition coefficient (Wildman–Crippen LogP) is 2.92. The molecule has 118 valence electrons. The summed E-state index contributed by atoms with van der Waals surface area (Å²) in [5, 5.41) is 4.79. The Bertz CT molecular complexity index is 609. The second kappa shape index (κ2) is 7.22. The van der Waals surface area contributed by atoms with E-state index in [-0.39, 0.29) is 0 Å². The molecule has 0 bridgehead atoms. The monoisotopic (exact) mass is 321 g/mol. The van der Waals surface area contributed by atoms with Crippen molar-refractivity contribution in [1.29, 1.82) is 0 Å². The maximum atomic E-state index is 6.16. The van der Waals surface area contributed by atoms with Gasteiger partial charge in [0.15, 0.2) is 5.82 Å². The zero-order valence-electron chi connectivity index (χ0n) is 12.7. The van der Waals surface area contributed by atoms with E-state index in [1.54, 1.807) is 7.11 Å². The van der Waals surface area contributed by atoms with Gasteiger partial charge >= 0.3 is 0 Å². The van der Waals surface area contributed by atoms with Crippen LogP contribution in [0, 0.1) is 0 Å². The third kappa shape index (κ3) is 3.85. The van der Waals surface area contributed by atoms with Gasteiger partial charge in [-0.3, -0.25) is 4.90 Å². The third-order valence-electron chi connectivity index (χ3n) is 4.04. The van der Waals surface area contributed by atoms with Gasteiger partial charge in [0.2, 0.25) is 5.89 Å². The molecule has 0 saturated carbocycles. The van der Waals surface area contributed by atoms with Crippen LogP contribution in [0.5, 0.6) is 0 Å². The van der Waals surface area contributed by atoms with Crippen molar-refractivity contribution in [3.05, 3.63) is 46.6 Å². The number of benzene rings is 1. The van der Waals surface area contributed by atoms with Crippen molar-refractivity contribution in [3.8, 4) is 0 Å². The highest BCUT2D eigenvalue weighted by molar-refractivity contribution is 6.31. The molecule has 6 heteroatoms. The number of halogens is 1. The fourth-order valence-corrected chi connectivity index (χ4v) is 2.94. The summed E-state index contributed by atoms with van der Waals surface area (Å²) in [7, 11) is 1.78. The highest BCUT2D eigenvalue weighted by Gasteiger charge is 2.20. The second-order valence-corrected chi connectivity index (χ2v) is 5.99. The average molecular weight is 322 g/mol. The predicted molar refractivity (Wildman–Crippen MR) is 83.9 cm³/mol. The van der Waals surface area contributed by atoms with E-state index < -0.39 is 0 Å². The SMILES string of the molecule is COC1CCN(Cc2nc(Cc3ccccc3Cl)no2)CC1. The Balaban J connectivity index is 1.57. The van der Waals surface area contributed by atoms with Gasteiger partial charge in [0.1, 0.15) is 0 Å². The normalized spacial score (nSPS) is 17.0. The van der Waals surface area contributed by atoms with E-state index in [1.165, 1.54) is 0 Å². The zero-order valence-corrected chi connectivity index (χ0v) is 13.4. The van der Waals surface area contributed by atoms with Crippen LogP contribution in [0.2, 0.25) is 5.02 Å². The van der Waals surface area contributed by atoms with E-state index in [0.717, 1.165) is 36.5 Å². The molecule has 0 aliphatic carbocycles. The number of rotatable bonds is 5. The summed E-state index contributed by atoms with van der Waals surface area (Å²) in [4.78, 5) is 6.79. The van der Waals surface area contributed by atoms with E-state index in [0.29, 0.717) is 30.8 Å². The van der Waals surface area contributed by atoms with Crippen molar-refractivity contribution in [2.24, 2.45) is 0 Å². The van der Waals surface area contributed by atoms with E-state index in [1.807, 2.05) is 24.3 Å². The van der Waals surface area contributed by atoms with Crippen molar-refractivity contribution in [2.45, 2.75) is 31.9 Å². The number of ether oxygens (including phenoxy) is 1. The third-order valence-corrected chi connectivity index (χ3v) is 4.41. The van der Waals surface area contributed by atoms with Crippen molar-refractivity contribution >= 4 is 11.6 Å². The summed E-state index contributed by atoms with van der Waals surface area (Å²) in [6.45, 7) is 2.70. The number of likely N-dealkylation sites (tertiary alicyclic amines) is 1. The fourth-order valence-electron chi connectivity index (χ4n) is 2.73. The maximum Gasteiger partial charge on any atom is 0.240 e. The van der Waals surface area contributed by atoms with Gasteiger partial charge in [-0.15, -0.1) is 0 Å². The van der Waals surface area contributed by atoms with Gasteiger partial charge in [0, 0.05) is 31.6 Å². The quantitative estimate of drug-likeness (QED) is 0.847. The molecule has 1 aromatic heterocycles. The van der Waals surface area contributed by atoms with Crippen molar-refractivity contribution < 1.29 is 9.26 Å². The topological polar surface area (TPSA) is 51.4 Å². The molecule has 22 heavy (non-hydrogen) atoms. The lowest BCUT2D eigenvalue weighted by molar-refractivity contribution is 0.0359. The van der Waals surface area contributed by atoms with Crippen LogP contribution >= 0.6 is 11.6 Å². The van der Waals surface area contributed by atoms with Crippen LogP contribution in [0.25, 0.3) is 0 Å². The van der Waals surface area contributed by atoms with Gasteiger partial charge in [-0.25, -0.2) is 0 Å².